The molecule has 196 valence electrons. The first-order valence-corrected chi connectivity index (χ1v) is 12.0. The number of pyridine rings is 1. The third-order valence-electron chi connectivity index (χ3n) is 5.84. The van der Waals surface area contributed by atoms with Gasteiger partial charge in [-0.1, -0.05) is 26.8 Å². The van der Waals surface area contributed by atoms with Crippen molar-refractivity contribution in [2.24, 2.45) is 11.8 Å². The van der Waals surface area contributed by atoms with Crippen LogP contribution < -0.4 is 14.2 Å². The van der Waals surface area contributed by atoms with Crippen LogP contribution in [0.25, 0.3) is 0 Å². The molecule has 0 radical (unpaired) electrons. The number of rotatable bonds is 13. The molecule has 0 fully saturated rings. The monoisotopic (exact) mass is 503 g/mol. The fraction of sp³-hybridized carbons (Fsp3) is 0.481. The smallest absolute Gasteiger partial charge is 0.309 e. The number of hydrogen-bond acceptors (Lipinski definition) is 8. The number of nitrogens with zero attached hydrogens (tertiary/aromatic N) is 1. The lowest BCUT2D eigenvalue weighted by molar-refractivity contribution is -0.158. The number of aromatic nitrogens is 1. The van der Waals surface area contributed by atoms with Crippen molar-refractivity contribution in [1.29, 1.82) is 0 Å². The third-order valence-corrected chi connectivity index (χ3v) is 5.84. The summed E-state index contributed by atoms with van der Waals surface area (Å²) in [5, 5.41) is 0. The van der Waals surface area contributed by atoms with Gasteiger partial charge >= 0.3 is 11.9 Å². The van der Waals surface area contributed by atoms with Crippen LogP contribution in [-0.4, -0.2) is 42.0 Å². The molecule has 0 spiro atoms. The second kappa shape index (κ2) is 13.6. The zero-order valence-electron chi connectivity index (χ0n) is 21.6. The SMILES string of the molecule is CCC(CC)[C@H](Oc1cccc(F)c1)[C@H](C)OC(=O)[C@H](C)CC(=O)c1nccc(OC)c1OC(C)=O. The molecule has 36 heavy (non-hydrogen) atoms. The summed E-state index contributed by atoms with van der Waals surface area (Å²) in [6, 6.07) is 7.27. The summed E-state index contributed by atoms with van der Waals surface area (Å²) < 4.78 is 35.7. The summed E-state index contributed by atoms with van der Waals surface area (Å²) in [6.45, 7) is 8.50. The van der Waals surface area contributed by atoms with E-state index >= 15 is 0 Å². The van der Waals surface area contributed by atoms with Gasteiger partial charge in [0.1, 0.15) is 23.8 Å². The van der Waals surface area contributed by atoms with Crippen LogP contribution in [0.5, 0.6) is 17.2 Å². The molecule has 1 aromatic heterocycles. The van der Waals surface area contributed by atoms with Crippen LogP contribution in [0.3, 0.4) is 0 Å². The highest BCUT2D eigenvalue weighted by molar-refractivity contribution is 5.99. The minimum atomic E-state index is -0.811. The Hall–Kier alpha value is -3.49. The molecule has 0 amide bonds. The molecular weight excluding hydrogens is 469 g/mol. The largest absolute Gasteiger partial charge is 0.493 e. The predicted octanol–water partition coefficient (Wildman–Crippen LogP) is 5.18. The van der Waals surface area contributed by atoms with Crippen LogP contribution in [0.2, 0.25) is 0 Å². The van der Waals surface area contributed by atoms with E-state index in [0.717, 1.165) is 12.8 Å². The molecule has 0 saturated carbocycles. The second-order valence-corrected chi connectivity index (χ2v) is 8.57. The van der Waals surface area contributed by atoms with Crippen molar-refractivity contribution in [3.05, 3.63) is 48.0 Å². The normalized spacial score (nSPS) is 13.4. The molecule has 0 aliphatic carbocycles. The molecule has 2 rings (SSSR count). The van der Waals surface area contributed by atoms with Gasteiger partial charge in [0.05, 0.1) is 13.0 Å². The van der Waals surface area contributed by atoms with E-state index in [4.69, 9.17) is 18.9 Å². The van der Waals surface area contributed by atoms with E-state index in [1.165, 1.54) is 38.4 Å². The highest BCUT2D eigenvalue weighted by Crippen LogP contribution is 2.31. The van der Waals surface area contributed by atoms with Gasteiger partial charge in [-0.05, 0) is 37.8 Å². The van der Waals surface area contributed by atoms with E-state index in [1.54, 1.807) is 26.0 Å². The lowest BCUT2D eigenvalue weighted by Gasteiger charge is -2.31. The van der Waals surface area contributed by atoms with Gasteiger partial charge in [-0.2, -0.15) is 0 Å². The minimum absolute atomic E-state index is 0.0558. The van der Waals surface area contributed by atoms with Crippen molar-refractivity contribution in [2.75, 3.05) is 7.11 Å². The zero-order chi connectivity index (χ0) is 26.8. The van der Waals surface area contributed by atoms with Crippen LogP contribution in [0, 0.1) is 17.7 Å². The fourth-order valence-electron chi connectivity index (χ4n) is 3.88. The number of halogens is 1. The maximum atomic E-state index is 13.7. The Morgan fingerprint density at radius 1 is 1.08 bits per heavy atom. The predicted molar refractivity (Wildman–Crippen MR) is 131 cm³/mol. The Balaban J connectivity index is 2.14. The van der Waals surface area contributed by atoms with Crippen LogP contribution in [0.1, 0.15) is 64.4 Å². The Bertz CT molecular complexity index is 1050. The van der Waals surface area contributed by atoms with Crippen molar-refractivity contribution >= 4 is 17.7 Å². The van der Waals surface area contributed by atoms with Crippen molar-refractivity contribution < 1.29 is 37.7 Å². The molecule has 0 bridgehead atoms. The first-order valence-electron chi connectivity index (χ1n) is 12.0. The van der Waals surface area contributed by atoms with Crippen molar-refractivity contribution in [2.45, 2.75) is 66.1 Å². The first-order chi connectivity index (χ1) is 17.1. The van der Waals surface area contributed by atoms with Gasteiger partial charge in [0.25, 0.3) is 0 Å². The van der Waals surface area contributed by atoms with E-state index in [9.17, 15) is 18.8 Å². The van der Waals surface area contributed by atoms with E-state index in [-0.39, 0.29) is 29.5 Å². The van der Waals surface area contributed by atoms with E-state index in [2.05, 4.69) is 4.98 Å². The highest BCUT2D eigenvalue weighted by atomic mass is 19.1. The van der Waals surface area contributed by atoms with Crippen LogP contribution in [0.4, 0.5) is 4.39 Å². The Morgan fingerprint density at radius 2 is 1.78 bits per heavy atom. The van der Waals surface area contributed by atoms with Crippen molar-refractivity contribution in [3.8, 4) is 17.2 Å². The summed E-state index contributed by atoms with van der Waals surface area (Å²) >= 11 is 0. The van der Waals surface area contributed by atoms with Crippen molar-refractivity contribution in [1.82, 2.24) is 4.98 Å². The lowest BCUT2D eigenvalue weighted by Crippen LogP contribution is -2.40. The maximum absolute atomic E-state index is 13.7. The van der Waals surface area contributed by atoms with Gasteiger partial charge in [-0.3, -0.25) is 14.4 Å². The number of ketones is 1. The summed E-state index contributed by atoms with van der Waals surface area (Å²) in [4.78, 5) is 41.4. The second-order valence-electron chi connectivity index (χ2n) is 8.57. The molecule has 0 saturated heterocycles. The van der Waals surface area contributed by atoms with Gasteiger partial charge in [0, 0.05) is 31.7 Å². The zero-order valence-corrected chi connectivity index (χ0v) is 21.6. The molecule has 0 unspecified atom stereocenters. The molecule has 0 aliphatic rings. The molecule has 2 aromatic rings. The Labute approximate surface area is 211 Å². The Kier molecular flexibility index (Phi) is 10.8. The van der Waals surface area contributed by atoms with Gasteiger partial charge in [-0.25, -0.2) is 9.37 Å². The quantitative estimate of drug-likeness (QED) is 0.272. The number of carbonyl (C=O) groups is 3. The lowest BCUT2D eigenvalue weighted by atomic mass is 9.92. The maximum Gasteiger partial charge on any atom is 0.309 e. The number of carbonyl (C=O) groups excluding carboxylic acids is 3. The fourth-order valence-corrected chi connectivity index (χ4v) is 3.88. The third kappa shape index (κ3) is 7.76. The molecule has 9 heteroatoms. The Morgan fingerprint density at radius 3 is 2.36 bits per heavy atom. The number of esters is 2. The standard InChI is InChI=1S/C27H34FNO7/c1-7-19(8-2)25(36-21-11-9-10-20(28)15-21)17(4)34-27(32)16(3)14-22(31)24-26(35-18(5)30)23(33-6)12-13-29-24/h9-13,15-17,19,25H,7-8,14H2,1-6H3/t16-,17+,25-/m1/s1. The highest BCUT2D eigenvalue weighted by Gasteiger charge is 2.32. The molecule has 1 heterocycles. The number of benzene rings is 1. The van der Waals surface area contributed by atoms with Gasteiger partial charge in [0.2, 0.25) is 5.75 Å². The molecule has 1 aromatic carbocycles. The van der Waals surface area contributed by atoms with E-state index in [0.29, 0.717) is 5.75 Å². The minimum Gasteiger partial charge on any atom is -0.493 e. The van der Waals surface area contributed by atoms with Crippen LogP contribution in [0.15, 0.2) is 36.5 Å². The summed E-state index contributed by atoms with van der Waals surface area (Å²) in [5.41, 5.74) is -0.110. The summed E-state index contributed by atoms with van der Waals surface area (Å²) in [7, 11) is 1.38. The first kappa shape index (κ1) is 28.7. The topological polar surface area (TPSA) is 101 Å². The van der Waals surface area contributed by atoms with Crippen LogP contribution in [-0.2, 0) is 14.3 Å². The van der Waals surface area contributed by atoms with Crippen molar-refractivity contribution in [3.63, 3.8) is 0 Å². The number of ether oxygens (including phenoxy) is 4. The van der Waals surface area contributed by atoms with E-state index < -0.39 is 41.7 Å². The molecule has 0 N–H and O–H groups in total. The van der Waals surface area contributed by atoms with Gasteiger partial charge in [-0.15, -0.1) is 0 Å². The van der Waals surface area contributed by atoms with Crippen LogP contribution >= 0.6 is 0 Å². The average molecular weight is 504 g/mol. The number of hydrogen-bond donors (Lipinski definition) is 0. The number of Topliss-reactive ketones (excluding diaryl/α,β-unsaturated/α-hetero) is 1. The van der Waals surface area contributed by atoms with Gasteiger partial charge < -0.3 is 18.9 Å². The van der Waals surface area contributed by atoms with Gasteiger partial charge in [0.15, 0.2) is 17.2 Å². The summed E-state index contributed by atoms with van der Waals surface area (Å²) in [5.74, 6) is -2.48. The number of methoxy groups -OCH3 is 1. The molecule has 0 aliphatic heterocycles. The summed E-state index contributed by atoms with van der Waals surface area (Å²) in [6.07, 6.45) is 1.51. The van der Waals surface area contributed by atoms with E-state index in [1.807, 2.05) is 13.8 Å². The molecule has 8 nitrogen and oxygen atoms in total. The molecule has 3 atom stereocenters. The average Bonchev–Trinajstić information content (AvgIpc) is 2.83. The molecular formula is C27H34FNO7.